The van der Waals surface area contributed by atoms with Gasteiger partial charge in [0.1, 0.15) is 0 Å². The summed E-state index contributed by atoms with van der Waals surface area (Å²) in [4.78, 5) is 25.2. The molecule has 0 spiro atoms. The van der Waals surface area contributed by atoms with E-state index < -0.39 is 0 Å². The maximum absolute atomic E-state index is 11.5. The number of ether oxygens (including phenoxy) is 1. The van der Waals surface area contributed by atoms with Gasteiger partial charge in [-0.05, 0) is 0 Å². The van der Waals surface area contributed by atoms with Crippen molar-refractivity contribution in [1.82, 2.24) is 9.55 Å². The molecule has 0 atom stereocenters. The third-order valence-electron chi connectivity index (χ3n) is 2.50. The van der Waals surface area contributed by atoms with Crippen LogP contribution >= 0.6 is 0 Å². The van der Waals surface area contributed by atoms with E-state index in [1.165, 1.54) is 4.57 Å². The van der Waals surface area contributed by atoms with Crippen LogP contribution in [0.25, 0.3) is 0 Å². The number of aromatic nitrogens is 2. The molecular weight excluding hydrogens is 198 g/mol. The van der Waals surface area contributed by atoms with Crippen molar-refractivity contribution >= 4 is 0 Å². The van der Waals surface area contributed by atoms with Gasteiger partial charge in [0.15, 0.2) is 0 Å². The number of nitrogens with zero attached hydrogens (tertiary/aromatic N) is 1. The predicted molar refractivity (Wildman–Crippen MR) is 53.7 cm³/mol. The molecule has 0 amide bonds. The predicted octanol–water partition coefficient (Wildman–Crippen LogP) is -1.43. The van der Waals surface area contributed by atoms with Gasteiger partial charge in [-0.15, -0.1) is 0 Å². The van der Waals surface area contributed by atoms with Crippen LogP contribution in [0.2, 0.25) is 0 Å². The summed E-state index contributed by atoms with van der Waals surface area (Å²) in [5, 5.41) is 0. The average molecular weight is 211 g/mol. The van der Waals surface area contributed by atoms with Crippen molar-refractivity contribution in [2.24, 2.45) is 5.73 Å². The Morgan fingerprint density at radius 3 is 3.00 bits per heavy atom. The Labute approximate surface area is 85.7 Å². The molecule has 1 aromatic rings. The number of rotatable bonds is 2. The lowest BCUT2D eigenvalue weighted by Gasteiger charge is -2.19. The van der Waals surface area contributed by atoms with Crippen molar-refractivity contribution in [1.29, 1.82) is 0 Å². The second-order valence-corrected chi connectivity index (χ2v) is 3.43. The van der Waals surface area contributed by atoms with Crippen molar-refractivity contribution < 1.29 is 4.74 Å². The van der Waals surface area contributed by atoms with Gasteiger partial charge in [-0.1, -0.05) is 0 Å². The van der Waals surface area contributed by atoms with Crippen molar-refractivity contribution in [2.45, 2.75) is 19.6 Å². The lowest BCUT2D eigenvalue weighted by atomic mass is 10.1. The molecule has 0 fully saturated rings. The highest BCUT2D eigenvalue weighted by Crippen LogP contribution is 2.10. The molecule has 0 saturated heterocycles. The molecule has 0 aromatic carbocycles. The molecule has 2 rings (SSSR count). The Kier molecular flexibility index (Phi) is 2.70. The van der Waals surface area contributed by atoms with Crippen molar-refractivity contribution in [3.05, 3.63) is 32.1 Å². The van der Waals surface area contributed by atoms with Crippen LogP contribution in [0.4, 0.5) is 0 Å². The van der Waals surface area contributed by atoms with Gasteiger partial charge in [-0.25, -0.2) is 4.79 Å². The Balaban J connectivity index is 2.63. The topological polar surface area (TPSA) is 90.1 Å². The summed E-state index contributed by atoms with van der Waals surface area (Å²) >= 11 is 0. The van der Waals surface area contributed by atoms with Crippen LogP contribution < -0.4 is 17.0 Å². The first-order valence-electron chi connectivity index (χ1n) is 4.86. The van der Waals surface area contributed by atoms with Gasteiger partial charge in [0.05, 0.1) is 18.8 Å². The summed E-state index contributed by atoms with van der Waals surface area (Å²) in [6.45, 7) is 1.62. The van der Waals surface area contributed by atoms with E-state index in [9.17, 15) is 9.59 Å². The third-order valence-corrected chi connectivity index (χ3v) is 2.50. The van der Waals surface area contributed by atoms with E-state index in [2.05, 4.69) is 4.98 Å². The molecule has 0 radical (unpaired) electrons. The molecule has 0 aliphatic carbocycles. The van der Waals surface area contributed by atoms with Gasteiger partial charge in [0.25, 0.3) is 5.56 Å². The maximum Gasteiger partial charge on any atom is 0.328 e. The standard InChI is InChI=1S/C9H13N3O3/c10-2-3-12-7-1-4-15-5-6(7)8(13)11-9(12)14/h1-5,10H2,(H,11,13,14). The normalized spacial score (nSPS) is 15.0. The number of nitrogens with two attached hydrogens (primary N) is 1. The molecule has 1 aromatic heterocycles. The largest absolute Gasteiger partial charge is 0.376 e. The van der Waals surface area contributed by atoms with Gasteiger partial charge >= 0.3 is 5.69 Å². The molecular formula is C9H13N3O3. The van der Waals surface area contributed by atoms with Crippen LogP contribution in [0.3, 0.4) is 0 Å². The summed E-state index contributed by atoms with van der Waals surface area (Å²) in [5.74, 6) is 0. The molecule has 3 N–H and O–H groups in total. The fourth-order valence-corrected chi connectivity index (χ4v) is 1.80. The fraction of sp³-hybridized carbons (Fsp3) is 0.556. The van der Waals surface area contributed by atoms with Gasteiger partial charge in [-0.3, -0.25) is 14.3 Å². The van der Waals surface area contributed by atoms with Gasteiger partial charge in [0.2, 0.25) is 0 Å². The summed E-state index contributed by atoms with van der Waals surface area (Å²) in [5.41, 5.74) is 6.00. The zero-order valence-corrected chi connectivity index (χ0v) is 8.28. The van der Waals surface area contributed by atoms with Gasteiger partial charge in [-0.2, -0.15) is 0 Å². The minimum Gasteiger partial charge on any atom is -0.376 e. The number of hydrogen-bond acceptors (Lipinski definition) is 4. The molecule has 0 bridgehead atoms. The van der Waals surface area contributed by atoms with Crippen LogP contribution in [0.1, 0.15) is 11.3 Å². The third kappa shape index (κ3) is 1.73. The Bertz CT molecular complexity index is 474. The molecule has 1 aliphatic rings. The second kappa shape index (κ2) is 4.00. The SMILES string of the molecule is NCCn1c2c(c(=O)[nH]c1=O)COCC2. The van der Waals surface area contributed by atoms with E-state index in [0.29, 0.717) is 31.7 Å². The van der Waals surface area contributed by atoms with Crippen molar-refractivity contribution in [2.75, 3.05) is 13.2 Å². The van der Waals surface area contributed by atoms with Crippen molar-refractivity contribution in [3.63, 3.8) is 0 Å². The smallest absolute Gasteiger partial charge is 0.328 e. The molecule has 82 valence electrons. The fourth-order valence-electron chi connectivity index (χ4n) is 1.80. The number of fused-ring (bicyclic) bond motifs is 1. The number of nitrogens with one attached hydrogen (secondary N) is 1. The molecule has 6 nitrogen and oxygen atoms in total. The second-order valence-electron chi connectivity index (χ2n) is 3.43. The molecule has 6 heteroatoms. The minimum absolute atomic E-state index is 0.273. The first-order chi connectivity index (χ1) is 7.24. The van der Waals surface area contributed by atoms with Crippen molar-refractivity contribution in [3.8, 4) is 0 Å². The quantitative estimate of drug-likeness (QED) is 0.627. The van der Waals surface area contributed by atoms with Crippen LogP contribution in [-0.4, -0.2) is 22.7 Å². The minimum atomic E-state index is -0.383. The summed E-state index contributed by atoms with van der Waals surface area (Å²) in [7, 11) is 0. The number of H-pyrrole nitrogens is 1. The van der Waals surface area contributed by atoms with E-state index in [4.69, 9.17) is 10.5 Å². The molecule has 0 unspecified atom stereocenters. The lowest BCUT2D eigenvalue weighted by Crippen LogP contribution is -2.39. The average Bonchev–Trinajstić information content (AvgIpc) is 2.24. The monoisotopic (exact) mass is 211 g/mol. The highest BCUT2D eigenvalue weighted by atomic mass is 16.5. The van der Waals surface area contributed by atoms with Crippen LogP contribution in [0.15, 0.2) is 9.59 Å². The highest BCUT2D eigenvalue weighted by molar-refractivity contribution is 5.18. The molecule has 15 heavy (non-hydrogen) atoms. The Morgan fingerprint density at radius 1 is 1.47 bits per heavy atom. The van der Waals surface area contributed by atoms with E-state index in [0.717, 1.165) is 5.69 Å². The first-order valence-corrected chi connectivity index (χ1v) is 4.86. The summed E-state index contributed by atoms with van der Waals surface area (Å²) in [6.07, 6.45) is 0.592. The van der Waals surface area contributed by atoms with E-state index in [1.807, 2.05) is 0 Å². The Hall–Kier alpha value is -1.40. The molecule has 0 saturated carbocycles. The Morgan fingerprint density at radius 2 is 2.27 bits per heavy atom. The van der Waals surface area contributed by atoms with E-state index in [1.54, 1.807) is 0 Å². The van der Waals surface area contributed by atoms with E-state index in [-0.39, 0.29) is 17.9 Å². The molecule has 1 aliphatic heterocycles. The number of aromatic amines is 1. The van der Waals surface area contributed by atoms with E-state index >= 15 is 0 Å². The number of hydrogen-bond donors (Lipinski definition) is 2. The van der Waals surface area contributed by atoms with Gasteiger partial charge < -0.3 is 10.5 Å². The maximum atomic E-state index is 11.5. The summed E-state index contributed by atoms with van der Waals surface area (Å²) < 4.78 is 6.71. The lowest BCUT2D eigenvalue weighted by molar-refractivity contribution is 0.105. The van der Waals surface area contributed by atoms with Crippen LogP contribution in [0.5, 0.6) is 0 Å². The zero-order valence-electron chi connectivity index (χ0n) is 8.28. The first kappa shape index (κ1) is 10.1. The molecule has 2 heterocycles. The zero-order chi connectivity index (χ0) is 10.8. The summed E-state index contributed by atoms with van der Waals surface area (Å²) in [6, 6.07) is 0. The highest BCUT2D eigenvalue weighted by Gasteiger charge is 2.17. The van der Waals surface area contributed by atoms with Crippen LogP contribution in [-0.2, 0) is 24.3 Å². The van der Waals surface area contributed by atoms with Crippen LogP contribution in [0, 0.1) is 0 Å². The van der Waals surface area contributed by atoms with Gasteiger partial charge in [0, 0.05) is 25.2 Å².